The number of fused-ring (bicyclic) bond motifs is 2. The first kappa shape index (κ1) is 23.8. The van der Waals surface area contributed by atoms with E-state index in [1.165, 1.54) is 12.5 Å². The van der Waals surface area contributed by atoms with E-state index in [-0.39, 0.29) is 42.4 Å². The van der Waals surface area contributed by atoms with Gasteiger partial charge in [0.15, 0.2) is 0 Å². The minimum atomic E-state index is -3.46. The highest BCUT2D eigenvalue weighted by molar-refractivity contribution is 7.92. The Hall–Kier alpha value is -2.33. The fourth-order valence-corrected chi connectivity index (χ4v) is 5.44. The number of rotatable bonds is 5. The summed E-state index contributed by atoms with van der Waals surface area (Å²) in [6.07, 6.45) is 4.55. The molecule has 0 spiro atoms. The van der Waals surface area contributed by atoms with Crippen LogP contribution in [-0.2, 0) is 19.6 Å². The number of likely N-dealkylation sites (tertiary alicyclic amines) is 1. The highest BCUT2D eigenvalue weighted by Gasteiger charge is 2.39. The molecule has 1 aromatic rings. The number of hydrogen-bond donors (Lipinski definition) is 1. The largest absolute Gasteiger partial charge is 0.490 e. The Morgan fingerprint density at radius 3 is 2.67 bits per heavy atom. The summed E-state index contributed by atoms with van der Waals surface area (Å²) in [6, 6.07) is 4.53. The van der Waals surface area contributed by atoms with Gasteiger partial charge in [-0.25, -0.2) is 8.42 Å². The standard InChI is InChI=1S/C23H33N3O6S/c1-3-33(29,30)24-16-7-10-20-18(13-16)23(28)25(2)19-9-8-17(32-21(19)15-31-20)14-22(27)26-11-5-4-6-12-26/h7,10,13,17,19,21,24H,3-6,8-9,11-12,14-15H2,1-2H3/t17-,19-,21+/m0/s1. The predicted molar refractivity (Wildman–Crippen MR) is 124 cm³/mol. The van der Waals surface area contributed by atoms with Crippen molar-refractivity contribution in [2.75, 3.05) is 37.2 Å². The van der Waals surface area contributed by atoms with Crippen molar-refractivity contribution in [3.63, 3.8) is 0 Å². The first-order valence-electron chi connectivity index (χ1n) is 11.7. The van der Waals surface area contributed by atoms with Crippen LogP contribution in [0, 0.1) is 0 Å². The maximum absolute atomic E-state index is 13.2. The van der Waals surface area contributed by atoms with Crippen LogP contribution in [0.5, 0.6) is 5.75 Å². The van der Waals surface area contributed by atoms with E-state index in [0.29, 0.717) is 36.3 Å². The number of likely N-dealkylation sites (N-methyl/N-ethyl adjacent to an activating group) is 1. The van der Waals surface area contributed by atoms with Gasteiger partial charge in [0.1, 0.15) is 18.5 Å². The minimum absolute atomic E-state index is 0.0586. The van der Waals surface area contributed by atoms with Gasteiger partial charge < -0.3 is 19.3 Å². The van der Waals surface area contributed by atoms with Gasteiger partial charge in [0.2, 0.25) is 15.9 Å². The van der Waals surface area contributed by atoms with Gasteiger partial charge in [-0.1, -0.05) is 0 Å². The summed E-state index contributed by atoms with van der Waals surface area (Å²) in [7, 11) is -1.72. The average Bonchev–Trinajstić information content (AvgIpc) is 2.82. The van der Waals surface area contributed by atoms with Gasteiger partial charge in [0, 0.05) is 25.8 Å². The summed E-state index contributed by atoms with van der Waals surface area (Å²) in [6.45, 7) is 3.45. The molecule has 9 nitrogen and oxygen atoms in total. The second kappa shape index (κ2) is 9.89. The molecular weight excluding hydrogens is 446 g/mol. The van der Waals surface area contributed by atoms with Gasteiger partial charge in [0.05, 0.1) is 29.9 Å². The molecule has 3 heterocycles. The van der Waals surface area contributed by atoms with Crippen molar-refractivity contribution in [1.29, 1.82) is 0 Å². The molecule has 2 amide bonds. The molecule has 2 fully saturated rings. The number of benzene rings is 1. The Morgan fingerprint density at radius 1 is 1.18 bits per heavy atom. The number of amides is 2. The molecule has 0 radical (unpaired) electrons. The maximum Gasteiger partial charge on any atom is 0.257 e. The third-order valence-electron chi connectivity index (χ3n) is 6.78. The van der Waals surface area contributed by atoms with Gasteiger partial charge >= 0.3 is 0 Å². The van der Waals surface area contributed by atoms with E-state index >= 15 is 0 Å². The molecule has 0 saturated carbocycles. The van der Waals surface area contributed by atoms with Crippen molar-refractivity contribution >= 4 is 27.5 Å². The van der Waals surface area contributed by atoms with Crippen molar-refractivity contribution < 1.29 is 27.5 Å². The van der Waals surface area contributed by atoms with E-state index in [9.17, 15) is 18.0 Å². The first-order chi connectivity index (χ1) is 15.8. The number of hydrogen-bond acceptors (Lipinski definition) is 6. The molecule has 3 atom stereocenters. The van der Waals surface area contributed by atoms with Gasteiger partial charge in [-0.05, 0) is 57.2 Å². The molecule has 4 rings (SSSR count). The summed E-state index contributed by atoms with van der Waals surface area (Å²) < 4.78 is 38.5. The molecule has 1 N–H and O–H groups in total. The maximum atomic E-state index is 13.2. The number of carbonyl (C=O) groups is 2. The molecule has 33 heavy (non-hydrogen) atoms. The lowest BCUT2D eigenvalue weighted by Crippen LogP contribution is -2.54. The summed E-state index contributed by atoms with van der Waals surface area (Å²) in [5.74, 6) is 0.224. The topological polar surface area (TPSA) is 105 Å². The number of carbonyl (C=O) groups excluding carboxylic acids is 2. The molecule has 182 valence electrons. The lowest BCUT2D eigenvalue weighted by atomic mass is 9.94. The van der Waals surface area contributed by atoms with Crippen LogP contribution in [0.4, 0.5) is 5.69 Å². The lowest BCUT2D eigenvalue weighted by Gasteiger charge is -2.42. The third kappa shape index (κ3) is 5.43. The quantitative estimate of drug-likeness (QED) is 0.694. The first-order valence-corrected chi connectivity index (χ1v) is 13.4. The Balaban J connectivity index is 1.46. The van der Waals surface area contributed by atoms with E-state index in [4.69, 9.17) is 9.47 Å². The van der Waals surface area contributed by atoms with Crippen molar-refractivity contribution in [3.8, 4) is 5.75 Å². The summed E-state index contributed by atoms with van der Waals surface area (Å²) in [4.78, 5) is 29.5. The molecule has 10 heteroatoms. The minimum Gasteiger partial charge on any atom is -0.490 e. The van der Waals surface area contributed by atoms with E-state index in [1.807, 2.05) is 4.90 Å². The van der Waals surface area contributed by atoms with Gasteiger partial charge in [0.25, 0.3) is 5.91 Å². The monoisotopic (exact) mass is 479 g/mol. The highest BCUT2D eigenvalue weighted by Crippen LogP contribution is 2.33. The zero-order chi connectivity index (χ0) is 23.6. The van der Waals surface area contributed by atoms with Gasteiger partial charge in [-0.3, -0.25) is 14.3 Å². The van der Waals surface area contributed by atoms with Crippen LogP contribution in [0.1, 0.15) is 55.8 Å². The molecule has 0 aliphatic carbocycles. The molecule has 1 aromatic carbocycles. The van der Waals surface area contributed by atoms with E-state index in [0.717, 1.165) is 25.9 Å². The van der Waals surface area contributed by atoms with Crippen molar-refractivity contribution in [1.82, 2.24) is 9.80 Å². The fourth-order valence-electron chi connectivity index (χ4n) is 4.81. The Labute approximate surface area is 195 Å². The predicted octanol–water partition coefficient (Wildman–Crippen LogP) is 2.23. The van der Waals surface area contributed by atoms with Crippen LogP contribution in [0.3, 0.4) is 0 Å². The SMILES string of the molecule is CCS(=O)(=O)Nc1ccc2c(c1)C(=O)N(C)[C@H]1CC[C@@H](CC(=O)N3CCCCC3)O[C@@H]1CO2. The molecule has 3 aliphatic heterocycles. The van der Waals surface area contributed by atoms with Crippen LogP contribution < -0.4 is 9.46 Å². The zero-order valence-electron chi connectivity index (χ0n) is 19.3. The zero-order valence-corrected chi connectivity index (χ0v) is 20.1. The smallest absolute Gasteiger partial charge is 0.257 e. The van der Waals surface area contributed by atoms with Gasteiger partial charge in [-0.15, -0.1) is 0 Å². The number of piperidine rings is 1. The van der Waals surface area contributed by atoms with Crippen LogP contribution in [0.25, 0.3) is 0 Å². The summed E-state index contributed by atoms with van der Waals surface area (Å²) >= 11 is 0. The summed E-state index contributed by atoms with van der Waals surface area (Å²) in [5, 5.41) is 0. The molecule has 0 unspecified atom stereocenters. The molecule has 0 bridgehead atoms. The molecule has 0 aromatic heterocycles. The average molecular weight is 480 g/mol. The normalized spacial score (nSPS) is 25.9. The highest BCUT2D eigenvalue weighted by atomic mass is 32.2. The van der Waals surface area contributed by atoms with E-state index in [2.05, 4.69) is 4.72 Å². The van der Waals surface area contributed by atoms with Crippen LogP contribution in [0.15, 0.2) is 18.2 Å². The van der Waals surface area contributed by atoms with Crippen LogP contribution in [-0.4, -0.2) is 80.8 Å². The Morgan fingerprint density at radius 2 is 1.94 bits per heavy atom. The number of sulfonamides is 1. The lowest BCUT2D eigenvalue weighted by molar-refractivity contribution is -0.143. The molecule has 2 saturated heterocycles. The second-order valence-electron chi connectivity index (χ2n) is 9.03. The van der Waals surface area contributed by atoms with Crippen molar-refractivity contribution in [2.45, 2.75) is 63.7 Å². The van der Waals surface area contributed by atoms with E-state index in [1.54, 1.807) is 31.0 Å². The number of anilines is 1. The molecule has 3 aliphatic rings. The van der Waals surface area contributed by atoms with Crippen molar-refractivity contribution in [3.05, 3.63) is 23.8 Å². The number of nitrogens with one attached hydrogen (secondary N) is 1. The summed E-state index contributed by atoms with van der Waals surface area (Å²) in [5.41, 5.74) is 0.643. The Kier molecular flexibility index (Phi) is 7.13. The second-order valence-corrected chi connectivity index (χ2v) is 11.0. The molecular formula is C23H33N3O6S. The Bertz CT molecular complexity index is 992. The van der Waals surface area contributed by atoms with Gasteiger partial charge in [-0.2, -0.15) is 0 Å². The van der Waals surface area contributed by atoms with Crippen molar-refractivity contribution in [2.24, 2.45) is 0 Å². The van der Waals surface area contributed by atoms with E-state index < -0.39 is 10.0 Å². The fraction of sp³-hybridized carbons (Fsp3) is 0.652. The van der Waals surface area contributed by atoms with Crippen LogP contribution >= 0.6 is 0 Å². The van der Waals surface area contributed by atoms with Crippen LogP contribution in [0.2, 0.25) is 0 Å². The number of ether oxygens (including phenoxy) is 2. The number of nitrogens with zero attached hydrogens (tertiary/aromatic N) is 2. The third-order valence-corrected chi connectivity index (χ3v) is 8.08.